The number of guanidine groups is 1. The van der Waals surface area contributed by atoms with Crippen molar-refractivity contribution in [3.8, 4) is 11.5 Å². The van der Waals surface area contributed by atoms with Crippen LogP contribution >= 0.6 is 0 Å². The Morgan fingerprint density at radius 3 is 2.85 bits per heavy atom. The number of ether oxygens (including phenoxy) is 2. The third kappa shape index (κ3) is 6.68. The number of nitrogens with zero attached hydrogens (tertiary/aromatic N) is 1. The lowest BCUT2D eigenvalue weighted by atomic mass is 10.2. The average Bonchev–Trinajstić information content (AvgIpc) is 3.16. The summed E-state index contributed by atoms with van der Waals surface area (Å²) in [7, 11) is 1.53. The summed E-state index contributed by atoms with van der Waals surface area (Å²) in [6.45, 7) is 5.12. The molecule has 0 aliphatic carbocycles. The minimum absolute atomic E-state index is 0.117. The highest BCUT2D eigenvalue weighted by atomic mass is 16.5. The fourth-order valence-electron chi connectivity index (χ4n) is 2.29. The highest BCUT2D eigenvalue weighted by Crippen LogP contribution is 2.26. The molecule has 26 heavy (non-hydrogen) atoms. The third-order valence-corrected chi connectivity index (χ3v) is 3.59. The number of aliphatic imine (C=N–C) groups is 1. The monoisotopic (exact) mass is 361 g/mol. The first-order chi connectivity index (χ1) is 12.7. The quantitative estimate of drug-likeness (QED) is 0.343. The summed E-state index contributed by atoms with van der Waals surface area (Å²) in [6, 6.07) is 9.02. The van der Waals surface area contributed by atoms with Crippen molar-refractivity contribution < 1.29 is 19.0 Å². The van der Waals surface area contributed by atoms with E-state index in [0.29, 0.717) is 25.5 Å². The topological polar surface area (TPSA) is 88.3 Å². The van der Waals surface area contributed by atoms with Crippen molar-refractivity contribution in [3.63, 3.8) is 0 Å². The lowest BCUT2D eigenvalue weighted by Crippen LogP contribution is -2.38. The van der Waals surface area contributed by atoms with Crippen LogP contribution in [0.2, 0.25) is 0 Å². The molecule has 0 bridgehead atoms. The largest absolute Gasteiger partial charge is 0.504 e. The van der Waals surface area contributed by atoms with Gasteiger partial charge in [-0.25, -0.2) is 4.99 Å². The van der Waals surface area contributed by atoms with E-state index in [0.717, 1.165) is 36.8 Å². The van der Waals surface area contributed by atoms with Crippen LogP contribution in [0.1, 0.15) is 24.7 Å². The second-order valence-electron chi connectivity index (χ2n) is 5.61. The summed E-state index contributed by atoms with van der Waals surface area (Å²) >= 11 is 0. The molecule has 1 heterocycles. The van der Waals surface area contributed by atoms with Crippen LogP contribution in [0, 0.1) is 0 Å². The Balaban J connectivity index is 1.72. The Morgan fingerprint density at radius 1 is 1.27 bits per heavy atom. The smallest absolute Gasteiger partial charge is 0.191 e. The molecule has 0 fully saturated rings. The molecule has 0 amide bonds. The van der Waals surface area contributed by atoms with Crippen molar-refractivity contribution >= 4 is 5.96 Å². The lowest BCUT2D eigenvalue weighted by molar-refractivity contribution is 0.105. The zero-order valence-corrected chi connectivity index (χ0v) is 15.3. The van der Waals surface area contributed by atoms with E-state index >= 15 is 0 Å². The van der Waals surface area contributed by atoms with Gasteiger partial charge in [-0.15, -0.1) is 0 Å². The summed E-state index contributed by atoms with van der Waals surface area (Å²) in [6.07, 6.45) is 2.50. The third-order valence-electron chi connectivity index (χ3n) is 3.59. The molecule has 0 aliphatic rings. The maximum absolute atomic E-state index is 9.83. The average molecular weight is 361 g/mol. The van der Waals surface area contributed by atoms with Gasteiger partial charge in [0.1, 0.15) is 12.4 Å². The lowest BCUT2D eigenvalue weighted by Gasteiger charge is -2.11. The van der Waals surface area contributed by atoms with Crippen LogP contribution in [0.4, 0.5) is 0 Å². The van der Waals surface area contributed by atoms with Crippen LogP contribution in [0.25, 0.3) is 0 Å². The van der Waals surface area contributed by atoms with E-state index in [-0.39, 0.29) is 5.75 Å². The van der Waals surface area contributed by atoms with E-state index in [1.165, 1.54) is 7.11 Å². The molecule has 1 aromatic heterocycles. The first kappa shape index (κ1) is 19.7. The van der Waals surface area contributed by atoms with Gasteiger partial charge in [0, 0.05) is 19.7 Å². The zero-order chi connectivity index (χ0) is 18.6. The van der Waals surface area contributed by atoms with Crippen molar-refractivity contribution in [1.29, 1.82) is 0 Å². The van der Waals surface area contributed by atoms with Crippen molar-refractivity contribution in [1.82, 2.24) is 10.6 Å². The number of nitrogens with one attached hydrogen (secondary N) is 2. The number of hydrogen-bond acceptors (Lipinski definition) is 5. The van der Waals surface area contributed by atoms with E-state index in [2.05, 4.69) is 15.6 Å². The van der Waals surface area contributed by atoms with Crippen LogP contribution in [0.5, 0.6) is 11.5 Å². The number of methoxy groups -OCH3 is 1. The van der Waals surface area contributed by atoms with Crippen molar-refractivity contribution in [2.45, 2.75) is 26.5 Å². The number of benzene rings is 1. The first-order valence-electron chi connectivity index (χ1n) is 8.71. The highest BCUT2D eigenvalue weighted by molar-refractivity contribution is 5.79. The SMILES string of the molecule is CCNC(=NCc1ccc(OC)c(O)c1)NCCCOCc1ccco1. The summed E-state index contributed by atoms with van der Waals surface area (Å²) in [5.74, 6) is 2.13. The molecule has 0 unspecified atom stereocenters. The fraction of sp³-hybridized carbons (Fsp3) is 0.421. The predicted octanol–water partition coefficient (Wildman–Crippen LogP) is 2.66. The Bertz CT molecular complexity index is 671. The maximum Gasteiger partial charge on any atom is 0.191 e. The molecule has 7 heteroatoms. The number of rotatable bonds is 10. The van der Waals surface area contributed by atoms with Crippen LogP contribution in [-0.4, -0.2) is 37.9 Å². The van der Waals surface area contributed by atoms with Crippen molar-refractivity contribution in [3.05, 3.63) is 47.9 Å². The van der Waals surface area contributed by atoms with Gasteiger partial charge in [0.15, 0.2) is 17.5 Å². The minimum Gasteiger partial charge on any atom is -0.504 e. The first-order valence-corrected chi connectivity index (χ1v) is 8.71. The standard InChI is InChI=1S/C19H27N3O4/c1-3-20-19(21-9-5-10-25-14-16-6-4-11-26-16)22-13-15-7-8-18(24-2)17(23)12-15/h4,6-8,11-12,23H,3,5,9-10,13-14H2,1-2H3,(H2,20,21,22). The van der Waals surface area contributed by atoms with E-state index < -0.39 is 0 Å². The molecular formula is C19H27N3O4. The predicted molar refractivity (Wildman–Crippen MR) is 100 cm³/mol. The fourth-order valence-corrected chi connectivity index (χ4v) is 2.29. The normalized spacial score (nSPS) is 11.4. The van der Waals surface area contributed by atoms with Gasteiger partial charge in [-0.3, -0.25) is 0 Å². The summed E-state index contributed by atoms with van der Waals surface area (Å²) in [5.41, 5.74) is 0.905. The van der Waals surface area contributed by atoms with Gasteiger partial charge in [0.25, 0.3) is 0 Å². The molecule has 0 radical (unpaired) electrons. The second kappa shape index (κ2) is 11.0. The Labute approximate surface area is 154 Å². The van der Waals surface area contributed by atoms with Crippen LogP contribution in [-0.2, 0) is 17.9 Å². The highest BCUT2D eigenvalue weighted by Gasteiger charge is 2.03. The molecule has 2 rings (SSSR count). The number of furan rings is 1. The van der Waals surface area contributed by atoms with E-state index in [1.54, 1.807) is 18.4 Å². The summed E-state index contributed by atoms with van der Waals surface area (Å²) in [5, 5.41) is 16.3. The van der Waals surface area contributed by atoms with Crippen molar-refractivity contribution in [2.24, 2.45) is 4.99 Å². The van der Waals surface area contributed by atoms with Gasteiger partial charge in [-0.05, 0) is 43.2 Å². The molecule has 0 spiro atoms. The van der Waals surface area contributed by atoms with Gasteiger partial charge in [-0.1, -0.05) is 6.07 Å². The van der Waals surface area contributed by atoms with Crippen LogP contribution in [0.15, 0.2) is 46.0 Å². The van der Waals surface area contributed by atoms with E-state index in [9.17, 15) is 5.11 Å². The number of hydrogen-bond donors (Lipinski definition) is 3. The maximum atomic E-state index is 9.83. The van der Waals surface area contributed by atoms with Crippen LogP contribution in [0.3, 0.4) is 0 Å². The molecule has 3 N–H and O–H groups in total. The van der Waals surface area contributed by atoms with Gasteiger partial charge in [0.2, 0.25) is 0 Å². The Kier molecular flexibility index (Phi) is 8.35. The molecule has 7 nitrogen and oxygen atoms in total. The van der Waals surface area contributed by atoms with E-state index in [4.69, 9.17) is 13.9 Å². The number of phenolic OH excluding ortho intramolecular Hbond substituents is 1. The zero-order valence-electron chi connectivity index (χ0n) is 15.3. The molecule has 0 atom stereocenters. The minimum atomic E-state index is 0.117. The van der Waals surface area contributed by atoms with Gasteiger partial charge in [-0.2, -0.15) is 0 Å². The molecule has 0 aliphatic heterocycles. The molecule has 0 saturated heterocycles. The Hall–Kier alpha value is -2.67. The van der Waals surface area contributed by atoms with Crippen LogP contribution < -0.4 is 15.4 Å². The Morgan fingerprint density at radius 2 is 2.15 bits per heavy atom. The van der Waals surface area contributed by atoms with Gasteiger partial charge >= 0.3 is 0 Å². The summed E-state index contributed by atoms with van der Waals surface area (Å²) < 4.78 is 15.8. The van der Waals surface area contributed by atoms with Crippen molar-refractivity contribution in [2.75, 3.05) is 26.8 Å². The molecule has 1 aromatic carbocycles. The molecule has 2 aromatic rings. The molecule has 142 valence electrons. The second-order valence-corrected chi connectivity index (χ2v) is 5.61. The number of aromatic hydroxyl groups is 1. The number of phenols is 1. The summed E-state index contributed by atoms with van der Waals surface area (Å²) in [4.78, 5) is 4.53. The molecule has 0 saturated carbocycles. The molecular weight excluding hydrogens is 334 g/mol. The van der Waals surface area contributed by atoms with Gasteiger partial charge in [0.05, 0.1) is 19.9 Å². The van der Waals surface area contributed by atoms with E-state index in [1.807, 2.05) is 25.1 Å². The van der Waals surface area contributed by atoms with Gasteiger partial charge < -0.3 is 29.6 Å².